The summed E-state index contributed by atoms with van der Waals surface area (Å²) in [6.45, 7) is 4.11. The molecule has 2 N–H and O–H groups in total. The molecule has 3 aromatic rings. The Morgan fingerprint density at radius 3 is 2.09 bits per heavy atom. The highest BCUT2D eigenvalue weighted by molar-refractivity contribution is 9.10. The number of benzene rings is 3. The molecule has 0 aliphatic heterocycles. The second kappa shape index (κ2) is 11.2. The highest BCUT2D eigenvalue weighted by Gasteiger charge is 2.15. The third-order valence-electron chi connectivity index (χ3n) is 4.67. The van der Waals surface area contributed by atoms with Crippen LogP contribution in [0.1, 0.15) is 25.5 Å². The van der Waals surface area contributed by atoms with Gasteiger partial charge in [0.25, 0.3) is 15.9 Å². The largest absolute Gasteiger partial charge is 0.494 e. The number of hydrogen-bond acceptors (Lipinski definition) is 5. The van der Waals surface area contributed by atoms with Crippen molar-refractivity contribution in [3.8, 4) is 11.5 Å². The number of ether oxygens (including phenoxy) is 2. The van der Waals surface area contributed by atoms with Crippen LogP contribution in [0.5, 0.6) is 11.5 Å². The molecule has 0 radical (unpaired) electrons. The Hall–Kier alpha value is -3.04. The van der Waals surface area contributed by atoms with Gasteiger partial charge in [-0.15, -0.1) is 0 Å². The average molecular weight is 533 g/mol. The molecular formula is C24H25BrN2O5S. The van der Waals surface area contributed by atoms with Crippen LogP contribution in [0.4, 0.5) is 5.69 Å². The van der Waals surface area contributed by atoms with E-state index in [2.05, 4.69) is 26.0 Å². The van der Waals surface area contributed by atoms with Crippen molar-refractivity contribution in [2.24, 2.45) is 0 Å². The molecule has 174 valence electrons. The van der Waals surface area contributed by atoms with Crippen LogP contribution in [0.15, 0.2) is 82.2 Å². The van der Waals surface area contributed by atoms with Crippen molar-refractivity contribution in [1.29, 1.82) is 0 Å². The predicted molar refractivity (Wildman–Crippen MR) is 131 cm³/mol. The van der Waals surface area contributed by atoms with Gasteiger partial charge in [0, 0.05) is 10.2 Å². The minimum Gasteiger partial charge on any atom is -0.494 e. The molecule has 7 nitrogen and oxygen atoms in total. The molecule has 0 spiro atoms. The lowest BCUT2D eigenvalue weighted by molar-refractivity contribution is -0.123. The van der Waals surface area contributed by atoms with Crippen LogP contribution < -0.4 is 19.5 Å². The van der Waals surface area contributed by atoms with Gasteiger partial charge in [-0.2, -0.15) is 0 Å². The van der Waals surface area contributed by atoms with E-state index in [1.54, 1.807) is 24.3 Å². The second-order valence-electron chi connectivity index (χ2n) is 7.16. The fraction of sp³-hybridized carbons (Fsp3) is 0.208. The van der Waals surface area contributed by atoms with E-state index in [0.29, 0.717) is 23.8 Å². The zero-order valence-corrected chi connectivity index (χ0v) is 20.6. The lowest BCUT2D eigenvalue weighted by Crippen LogP contribution is -2.31. The van der Waals surface area contributed by atoms with Gasteiger partial charge < -0.3 is 14.8 Å². The summed E-state index contributed by atoms with van der Waals surface area (Å²) in [5.41, 5.74) is 1.40. The fourth-order valence-electron chi connectivity index (χ4n) is 2.98. The zero-order chi connectivity index (χ0) is 23.8. The SMILES string of the molecule is CCOc1ccc(NS(=O)(=O)c2ccc(OCC(=O)N[C@@H](C)c3ccc(Br)cc3)cc2)cc1. The summed E-state index contributed by atoms with van der Waals surface area (Å²) in [6, 6.07) is 20.0. The van der Waals surface area contributed by atoms with Gasteiger partial charge in [0.1, 0.15) is 11.5 Å². The highest BCUT2D eigenvalue weighted by atomic mass is 79.9. The number of carbonyl (C=O) groups excluding carboxylic acids is 1. The van der Waals surface area contributed by atoms with Crippen molar-refractivity contribution in [3.63, 3.8) is 0 Å². The quantitative estimate of drug-likeness (QED) is 0.387. The predicted octanol–water partition coefficient (Wildman–Crippen LogP) is 4.90. The molecule has 9 heteroatoms. The van der Waals surface area contributed by atoms with Gasteiger partial charge in [-0.3, -0.25) is 9.52 Å². The van der Waals surface area contributed by atoms with Gasteiger partial charge in [-0.05, 0) is 80.1 Å². The first-order valence-electron chi connectivity index (χ1n) is 10.3. The van der Waals surface area contributed by atoms with Gasteiger partial charge in [0.2, 0.25) is 0 Å². The fourth-order valence-corrected chi connectivity index (χ4v) is 4.30. The number of carbonyl (C=O) groups is 1. The van der Waals surface area contributed by atoms with Crippen LogP contribution in [-0.2, 0) is 14.8 Å². The monoisotopic (exact) mass is 532 g/mol. The Bertz CT molecular complexity index is 1160. The van der Waals surface area contributed by atoms with Crippen LogP contribution in [0.25, 0.3) is 0 Å². The van der Waals surface area contributed by atoms with Crippen molar-refractivity contribution in [1.82, 2.24) is 5.32 Å². The number of anilines is 1. The second-order valence-corrected chi connectivity index (χ2v) is 9.76. The first-order chi connectivity index (χ1) is 15.8. The maximum Gasteiger partial charge on any atom is 0.261 e. The Labute approximate surface area is 202 Å². The molecule has 0 fully saturated rings. The summed E-state index contributed by atoms with van der Waals surface area (Å²) >= 11 is 3.38. The molecular weight excluding hydrogens is 508 g/mol. The summed E-state index contributed by atoms with van der Waals surface area (Å²) in [5, 5.41) is 2.87. The van der Waals surface area contributed by atoms with Crippen LogP contribution in [-0.4, -0.2) is 27.5 Å². The minimum atomic E-state index is -3.77. The maximum atomic E-state index is 12.6. The van der Waals surface area contributed by atoms with Gasteiger partial charge in [-0.25, -0.2) is 8.42 Å². The van der Waals surface area contributed by atoms with Crippen LogP contribution in [0.3, 0.4) is 0 Å². The lowest BCUT2D eigenvalue weighted by atomic mass is 10.1. The normalized spacial score (nSPS) is 12.0. The van der Waals surface area contributed by atoms with E-state index < -0.39 is 10.0 Å². The number of nitrogens with one attached hydrogen (secondary N) is 2. The molecule has 33 heavy (non-hydrogen) atoms. The van der Waals surface area contributed by atoms with E-state index in [9.17, 15) is 13.2 Å². The number of amides is 1. The molecule has 0 aliphatic carbocycles. The molecule has 3 aromatic carbocycles. The highest BCUT2D eigenvalue weighted by Crippen LogP contribution is 2.22. The van der Waals surface area contributed by atoms with Crippen molar-refractivity contribution in [2.45, 2.75) is 24.8 Å². The smallest absolute Gasteiger partial charge is 0.261 e. The molecule has 0 aliphatic rings. The van der Waals surface area contributed by atoms with Crippen molar-refractivity contribution in [2.75, 3.05) is 17.9 Å². The van der Waals surface area contributed by atoms with Crippen LogP contribution in [0.2, 0.25) is 0 Å². The van der Waals surface area contributed by atoms with Crippen molar-refractivity contribution >= 4 is 37.5 Å². The number of rotatable bonds is 10. The molecule has 0 saturated carbocycles. The Balaban J connectivity index is 1.53. The molecule has 0 bridgehead atoms. The molecule has 1 amide bonds. The summed E-state index contributed by atoms with van der Waals surface area (Å²) in [7, 11) is -3.77. The lowest BCUT2D eigenvalue weighted by Gasteiger charge is -2.15. The standard InChI is InChI=1S/C24H25BrN2O5S/c1-3-31-21-10-8-20(9-11-21)27-33(29,30)23-14-12-22(13-15-23)32-16-24(28)26-17(2)18-4-6-19(25)7-5-18/h4-15,17,27H,3,16H2,1-2H3,(H,26,28)/t17-/m0/s1. The number of sulfonamides is 1. The molecule has 0 unspecified atom stereocenters. The van der Waals surface area contributed by atoms with E-state index in [-0.39, 0.29) is 23.5 Å². The summed E-state index contributed by atoms with van der Waals surface area (Å²) < 4.78 is 39.6. The minimum absolute atomic E-state index is 0.0806. The van der Waals surface area contributed by atoms with Gasteiger partial charge in [0.05, 0.1) is 17.5 Å². The van der Waals surface area contributed by atoms with Crippen LogP contribution >= 0.6 is 15.9 Å². The summed E-state index contributed by atoms with van der Waals surface area (Å²) in [6.07, 6.45) is 0. The zero-order valence-electron chi connectivity index (χ0n) is 18.2. The summed E-state index contributed by atoms with van der Waals surface area (Å²) in [4.78, 5) is 12.3. The van der Waals surface area contributed by atoms with Gasteiger partial charge >= 0.3 is 0 Å². The van der Waals surface area contributed by atoms with Crippen molar-refractivity contribution in [3.05, 3.63) is 82.8 Å². The van der Waals surface area contributed by atoms with E-state index >= 15 is 0 Å². The average Bonchev–Trinajstić information content (AvgIpc) is 2.80. The number of halogens is 1. The van der Waals surface area contributed by atoms with Gasteiger partial charge in [0.15, 0.2) is 6.61 Å². The maximum absolute atomic E-state index is 12.6. The molecule has 3 rings (SSSR count). The molecule has 0 saturated heterocycles. The molecule has 1 atom stereocenters. The topological polar surface area (TPSA) is 93.7 Å². The number of hydrogen-bond donors (Lipinski definition) is 2. The van der Waals surface area contributed by atoms with E-state index in [4.69, 9.17) is 9.47 Å². The van der Waals surface area contributed by atoms with Gasteiger partial charge in [-0.1, -0.05) is 28.1 Å². The Morgan fingerprint density at radius 1 is 0.909 bits per heavy atom. The molecule has 0 heterocycles. The third-order valence-corrected chi connectivity index (χ3v) is 6.59. The van der Waals surface area contributed by atoms with E-state index in [1.807, 2.05) is 38.1 Å². The Kier molecular flexibility index (Phi) is 8.35. The van der Waals surface area contributed by atoms with E-state index in [0.717, 1.165) is 10.0 Å². The third kappa shape index (κ3) is 7.23. The Morgan fingerprint density at radius 2 is 1.48 bits per heavy atom. The van der Waals surface area contributed by atoms with E-state index in [1.165, 1.54) is 24.3 Å². The first-order valence-corrected chi connectivity index (χ1v) is 12.6. The first kappa shape index (κ1) is 24.6. The summed E-state index contributed by atoms with van der Waals surface area (Å²) in [5.74, 6) is 0.776. The van der Waals surface area contributed by atoms with Crippen molar-refractivity contribution < 1.29 is 22.7 Å². The van der Waals surface area contributed by atoms with Crippen LogP contribution in [0, 0.1) is 0 Å². The molecule has 0 aromatic heterocycles.